The summed E-state index contributed by atoms with van der Waals surface area (Å²) in [7, 11) is 0. The van der Waals surface area contributed by atoms with Crippen LogP contribution in [0.3, 0.4) is 0 Å². The van der Waals surface area contributed by atoms with Gasteiger partial charge in [-0.1, -0.05) is 30.3 Å². The van der Waals surface area contributed by atoms with Crippen molar-refractivity contribution in [2.75, 3.05) is 10.6 Å². The molecular formula is C22H19N5O. The third-order valence-electron chi connectivity index (χ3n) is 4.43. The van der Waals surface area contributed by atoms with Crippen LogP contribution in [0.25, 0.3) is 22.4 Å². The number of rotatable bonds is 4. The van der Waals surface area contributed by atoms with Crippen molar-refractivity contribution >= 4 is 17.4 Å². The van der Waals surface area contributed by atoms with E-state index in [1.54, 1.807) is 18.6 Å². The number of aromatic amines is 1. The van der Waals surface area contributed by atoms with Gasteiger partial charge in [-0.15, -0.1) is 0 Å². The molecule has 3 N–H and O–H groups in total. The van der Waals surface area contributed by atoms with Crippen LogP contribution in [-0.2, 0) is 0 Å². The van der Waals surface area contributed by atoms with Crippen molar-refractivity contribution in [2.45, 2.75) is 6.92 Å². The van der Waals surface area contributed by atoms with Crippen LogP contribution in [0, 0.1) is 6.92 Å². The van der Waals surface area contributed by atoms with Gasteiger partial charge in [0.15, 0.2) is 0 Å². The molecule has 4 rings (SSSR count). The number of hydrogen-bond acceptors (Lipinski definition) is 3. The summed E-state index contributed by atoms with van der Waals surface area (Å²) >= 11 is 0. The molecule has 138 valence electrons. The molecule has 0 saturated carbocycles. The van der Waals surface area contributed by atoms with E-state index in [-0.39, 0.29) is 6.03 Å². The second-order valence-electron chi connectivity index (χ2n) is 6.37. The molecule has 0 radical (unpaired) electrons. The fourth-order valence-corrected chi connectivity index (χ4v) is 3.01. The lowest BCUT2D eigenvalue weighted by Gasteiger charge is -2.11. The minimum atomic E-state index is -0.287. The first-order valence-electron chi connectivity index (χ1n) is 8.88. The van der Waals surface area contributed by atoms with E-state index in [9.17, 15) is 4.79 Å². The molecule has 0 aliphatic heterocycles. The molecule has 2 aromatic carbocycles. The number of benzene rings is 2. The van der Waals surface area contributed by atoms with Crippen LogP contribution < -0.4 is 10.6 Å². The third-order valence-corrected chi connectivity index (χ3v) is 4.43. The highest BCUT2D eigenvalue weighted by Gasteiger charge is 2.11. The summed E-state index contributed by atoms with van der Waals surface area (Å²) in [5, 5.41) is 13.0. The highest BCUT2D eigenvalue weighted by atomic mass is 16.2. The summed E-state index contributed by atoms with van der Waals surface area (Å²) in [5.41, 5.74) is 6.29. The van der Waals surface area contributed by atoms with Gasteiger partial charge in [-0.2, -0.15) is 5.10 Å². The van der Waals surface area contributed by atoms with Crippen molar-refractivity contribution in [2.24, 2.45) is 0 Å². The molecule has 0 atom stereocenters. The van der Waals surface area contributed by atoms with E-state index in [1.807, 2.05) is 67.6 Å². The maximum Gasteiger partial charge on any atom is 0.323 e. The zero-order valence-corrected chi connectivity index (χ0v) is 15.3. The number of hydrogen-bond donors (Lipinski definition) is 3. The van der Waals surface area contributed by atoms with E-state index in [0.29, 0.717) is 5.69 Å². The van der Waals surface area contributed by atoms with Gasteiger partial charge in [-0.3, -0.25) is 10.1 Å². The van der Waals surface area contributed by atoms with Crippen LogP contribution in [0.15, 0.2) is 79.3 Å². The molecule has 4 aromatic rings. The highest BCUT2D eigenvalue weighted by Crippen LogP contribution is 2.31. The number of para-hydroxylation sites is 1. The van der Waals surface area contributed by atoms with Crippen LogP contribution in [0.2, 0.25) is 0 Å². The number of nitrogens with zero attached hydrogens (tertiary/aromatic N) is 2. The predicted molar refractivity (Wildman–Crippen MR) is 111 cm³/mol. The molecule has 0 bridgehead atoms. The van der Waals surface area contributed by atoms with E-state index < -0.39 is 0 Å². The Balaban J connectivity index is 1.55. The molecule has 0 aliphatic rings. The van der Waals surface area contributed by atoms with Crippen molar-refractivity contribution in [3.63, 3.8) is 0 Å². The van der Waals surface area contributed by atoms with Crippen molar-refractivity contribution in [1.82, 2.24) is 15.2 Å². The summed E-state index contributed by atoms with van der Waals surface area (Å²) in [6.45, 7) is 1.95. The van der Waals surface area contributed by atoms with E-state index in [0.717, 1.165) is 33.6 Å². The second-order valence-corrected chi connectivity index (χ2v) is 6.37. The Kier molecular flexibility index (Phi) is 4.84. The fraction of sp³-hybridized carbons (Fsp3) is 0.0455. The summed E-state index contributed by atoms with van der Waals surface area (Å²) in [6.07, 6.45) is 5.29. The van der Waals surface area contributed by atoms with Crippen LogP contribution in [0.1, 0.15) is 5.56 Å². The monoisotopic (exact) mass is 369 g/mol. The summed E-state index contributed by atoms with van der Waals surface area (Å²) in [6, 6.07) is 18.9. The molecule has 2 amide bonds. The lowest BCUT2D eigenvalue weighted by atomic mass is 10.0. The summed E-state index contributed by atoms with van der Waals surface area (Å²) in [4.78, 5) is 16.4. The van der Waals surface area contributed by atoms with Crippen LogP contribution in [-0.4, -0.2) is 21.2 Å². The van der Waals surface area contributed by atoms with Gasteiger partial charge in [0.1, 0.15) is 0 Å². The van der Waals surface area contributed by atoms with E-state index in [2.05, 4.69) is 25.8 Å². The van der Waals surface area contributed by atoms with Crippen LogP contribution in [0.4, 0.5) is 16.2 Å². The van der Waals surface area contributed by atoms with Gasteiger partial charge < -0.3 is 10.6 Å². The van der Waals surface area contributed by atoms with Crippen molar-refractivity contribution in [1.29, 1.82) is 0 Å². The lowest BCUT2D eigenvalue weighted by Crippen LogP contribution is -2.19. The number of nitrogens with one attached hydrogen (secondary N) is 3. The average molecular weight is 369 g/mol. The number of anilines is 2. The van der Waals surface area contributed by atoms with Crippen LogP contribution >= 0.6 is 0 Å². The standard InChI is InChI=1S/C22H19N5O/c1-15-5-2-3-8-20(15)26-22(28)25-18-7-4-6-17(13-18)21-19(14-24-27-21)16-9-11-23-12-10-16/h2-14H,1H3,(H,24,27)(H2,25,26,28). The summed E-state index contributed by atoms with van der Waals surface area (Å²) in [5.74, 6) is 0. The molecular weight excluding hydrogens is 350 g/mol. The van der Waals surface area contributed by atoms with E-state index in [4.69, 9.17) is 0 Å². The number of amides is 2. The van der Waals surface area contributed by atoms with Gasteiger partial charge >= 0.3 is 6.03 Å². The largest absolute Gasteiger partial charge is 0.323 e. The minimum Gasteiger partial charge on any atom is -0.308 e. The Hall–Kier alpha value is -3.93. The maximum atomic E-state index is 12.4. The number of urea groups is 1. The van der Waals surface area contributed by atoms with E-state index >= 15 is 0 Å². The SMILES string of the molecule is Cc1ccccc1NC(=O)Nc1cccc(-c2[nH]ncc2-c2ccncc2)c1. The molecule has 6 nitrogen and oxygen atoms in total. The van der Waals surface area contributed by atoms with Crippen molar-refractivity contribution < 1.29 is 4.79 Å². The normalized spacial score (nSPS) is 10.5. The smallest absolute Gasteiger partial charge is 0.308 e. The van der Waals surface area contributed by atoms with Gasteiger partial charge in [-0.25, -0.2) is 4.79 Å². The fourth-order valence-electron chi connectivity index (χ4n) is 3.01. The molecule has 0 unspecified atom stereocenters. The Morgan fingerprint density at radius 3 is 2.57 bits per heavy atom. The number of pyridine rings is 1. The molecule has 0 saturated heterocycles. The first-order valence-corrected chi connectivity index (χ1v) is 8.88. The van der Waals surface area contributed by atoms with E-state index in [1.165, 1.54) is 0 Å². The highest BCUT2D eigenvalue weighted by molar-refractivity contribution is 6.00. The first kappa shape index (κ1) is 17.5. The number of carbonyl (C=O) groups is 1. The van der Waals surface area contributed by atoms with Crippen molar-refractivity contribution in [3.8, 4) is 22.4 Å². The zero-order valence-electron chi connectivity index (χ0n) is 15.3. The predicted octanol–water partition coefficient (Wildman–Crippen LogP) is 5.09. The average Bonchev–Trinajstić information content (AvgIpc) is 3.21. The Morgan fingerprint density at radius 1 is 0.929 bits per heavy atom. The number of H-pyrrole nitrogens is 1. The molecule has 2 aromatic heterocycles. The maximum absolute atomic E-state index is 12.4. The first-order chi connectivity index (χ1) is 13.7. The lowest BCUT2D eigenvalue weighted by molar-refractivity contribution is 0.262. The Labute approximate surface area is 162 Å². The zero-order chi connectivity index (χ0) is 19.3. The van der Waals surface area contributed by atoms with Gasteiger partial charge in [-0.05, 0) is 48.4 Å². The van der Waals surface area contributed by atoms with Crippen molar-refractivity contribution in [3.05, 3.63) is 84.8 Å². The Bertz CT molecular complexity index is 1100. The second kappa shape index (κ2) is 7.75. The molecule has 2 heterocycles. The Morgan fingerprint density at radius 2 is 1.75 bits per heavy atom. The molecule has 0 fully saturated rings. The number of carbonyl (C=O) groups excluding carboxylic acids is 1. The van der Waals surface area contributed by atoms with Gasteiger partial charge in [0, 0.05) is 34.9 Å². The van der Waals surface area contributed by atoms with Gasteiger partial charge in [0.2, 0.25) is 0 Å². The molecule has 0 spiro atoms. The number of aromatic nitrogens is 3. The molecule has 28 heavy (non-hydrogen) atoms. The third kappa shape index (κ3) is 3.76. The minimum absolute atomic E-state index is 0.287. The quantitative estimate of drug-likeness (QED) is 0.468. The molecule has 6 heteroatoms. The van der Waals surface area contributed by atoms with Crippen LogP contribution in [0.5, 0.6) is 0 Å². The topological polar surface area (TPSA) is 82.7 Å². The molecule has 0 aliphatic carbocycles. The van der Waals surface area contributed by atoms with Gasteiger partial charge in [0.05, 0.1) is 11.9 Å². The number of aryl methyl sites for hydroxylation is 1. The summed E-state index contributed by atoms with van der Waals surface area (Å²) < 4.78 is 0. The van der Waals surface area contributed by atoms with Gasteiger partial charge in [0.25, 0.3) is 0 Å².